The van der Waals surface area contributed by atoms with Crippen LogP contribution in [-0.2, 0) is 0 Å². The highest BCUT2D eigenvalue weighted by Crippen LogP contribution is 2.28. The van der Waals surface area contributed by atoms with Gasteiger partial charge in [-0.15, -0.1) is 0 Å². The number of aliphatic hydroxyl groups is 1. The molecule has 0 aliphatic heterocycles. The van der Waals surface area contributed by atoms with Crippen molar-refractivity contribution in [3.05, 3.63) is 17.8 Å². The first kappa shape index (κ1) is 12.7. The van der Waals surface area contributed by atoms with E-state index in [4.69, 9.17) is 11.0 Å². The van der Waals surface area contributed by atoms with Crippen molar-refractivity contribution >= 4 is 11.5 Å². The van der Waals surface area contributed by atoms with Crippen molar-refractivity contribution < 1.29 is 5.11 Å². The van der Waals surface area contributed by atoms with E-state index in [0.717, 1.165) is 25.7 Å². The second-order valence-electron chi connectivity index (χ2n) is 4.78. The summed E-state index contributed by atoms with van der Waals surface area (Å²) in [6, 6.07) is 3.69. The normalized spacial score (nSPS) is 23.4. The van der Waals surface area contributed by atoms with Gasteiger partial charge in [0.1, 0.15) is 6.07 Å². The molecule has 5 heteroatoms. The van der Waals surface area contributed by atoms with Crippen LogP contribution in [0.25, 0.3) is 0 Å². The molecular formula is C13H18N4O. The van der Waals surface area contributed by atoms with Crippen molar-refractivity contribution in [1.29, 1.82) is 5.26 Å². The molecule has 0 bridgehead atoms. The molecule has 5 nitrogen and oxygen atoms in total. The van der Waals surface area contributed by atoms with Crippen molar-refractivity contribution in [2.75, 3.05) is 17.7 Å². The van der Waals surface area contributed by atoms with E-state index in [2.05, 4.69) is 4.98 Å². The molecular weight excluding hydrogens is 228 g/mol. The minimum absolute atomic E-state index is 0.0569. The summed E-state index contributed by atoms with van der Waals surface area (Å²) in [5.41, 5.74) is 6.85. The number of hydrogen-bond acceptors (Lipinski definition) is 5. The van der Waals surface area contributed by atoms with Gasteiger partial charge >= 0.3 is 0 Å². The zero-order valence-corrected chi connectivity index (χ0v) is 10.5. The van der Waals surface area contributed by atoms with Gasteiger partial charge in [-0.2, -0.15) is 5.26 Å². The molecule has 1 aliphatic rings. The van der Waals surface area contributed by atoms with Crippen molar-refractivity contribution in [2.24, 2.45) is 0 Å². The Morgan fingerprint density at radius 2 is 2.22 bits per heavy atom. The Balaban J connectivity index is 2.22. The number of pyridine rings is 1. The Morgan fingerprint density at radius 3 is 2.83 bits per heavy atom. The average molecular weight is 246 g/mol. The molecule has 1 aliphatic carbocycles. The van der Waals surface area contributed by atoms with Gasteiger partial charge in [-0.25, -0.2) is 4.98 Å². The number of hydrogen-bond donors (Lipinski definition) is 2. The number of nitriles is 1. The summed E-state index contributed by atoms with van der Waals surface area (Å²) in [5.74, 6) is 0.639. The van der Waals surface area contributed by atoms with Crippen LogP contribution in [0.2, 0.25) is 0 Å². The summed E-state index contributed by atoms with van der Waals surface area (Å²) in [6.45, 7) is 0. The Bertz CT molecular complexity index is 469. The first-order valence-corrected chi connectivity index (χ1v) is 6.20. The lowest BCUT2D eigenvalue weighted by Crippen LogP contribution is -2.44. The van der Waals surface area contributed by atoms with Crippen molar-refractivity contribution in [3.63, 3.8) is 0 Å². The Kier molecular flexibility index (Phi) is 3.68. The van der Waals surface area contributed by atoms with Gasteiger partial charge in [0.2, 0.25) is 0 Å². The van der Waals surface area contributed by atoms with Gasteiger partial charge in [0.05, 0.1) is 23.4 Å². The number of rotatable bonds is 2. The molecule has 96 valence electrons. The van der Waals surface area contributed by atoms with Crippen molar-refractivity contribution in [2.45, 2.75) is 37.8 Å². The number of aliphatic hydroxyl groups excluding tert-OH is 1. The maximum atomic E-state index is 10.0. The molecule has 0 amide bonds. The van der Waals surface area contributed by atoms with Crippen molar-refractivity contribution in [3.8, 4) is 6.07 Å². The van der Waals surface area contributed by atoms with Crippen LogP contribution in [0.4, 0.5) is 11.5 Å². The van der Waals surface area contributed by atoms with E-state index in [-0.39, 0.29) is 12.1 Å². The van der Waals surface area contributed by atoms with Gasteiger partial charge in [-0.1, -0.05) is 12.8 Å². The maximum absolute atomic E-state index is 10.0. The van der Waals surface area contributed by atoms with Crippen LogP contribution in [0.5, 0.6) is 0 Å². The number of likely N-dealkylation sites (N-methyl/N-ethyl adjacent to an activating group) is 1. The van der Waals surface area contributed by atoms with Gasteiger partial charge in [-0.05, 0) is 18.9 Å². The number of anilines is 2. The predicted molar refractivity (Wildman–Crippen MR) is 70.0 cm³/mol. The second-order valence-corrected chi connectivity index (χ2v) is 4.78. The van der Waals surface area contributed by atoms with Crippen LogP contribution >= 0.6 is 0 Å². The monoisotopic (exact) mass is 246 g/mol. The highest BCUT2D eigenvalue weighted by atomic mass is 16.3. The predicted octanol–water partition coefficient (Wildman–Crippen LogP) is 1.28. The summed E-state index contributed by atoms with van der Waals surface area (Å²) >= 11 is 0. The fraction of sp³-hybridized carbons (Fsp3) is 0.538. The van der Waals surface area contributed by atoms with E-state index < -0.39 is 0 Å². The van der Waals surface area contributed by atoms with Crippen LogP contribution in [0.15, 0.2) is 12.3 Å². The third kappa shape index (κ3) is 2.39. The SMILES string of the molecule is CN(c1ncc(C#N)cc1N)C1CCCCC1O. The summed E-state index contributed by atoms with van der Waals surface area (Å²) in [4.78, 5) is 6.16. The minimum atomic E-state index is -0.333. The third-order valence-corrected chi connectivity index (χ3v) is 3.55. The van der Waals surface area contributed by atoms with Gasteiger partial charge < -0.3 is 15.7 Å². The van der Waals surface area contributed by atoms with Crippen LogP contribution in [0, 0.1) is 11.3 Å². The van der Waals surface area contributed by atoms with Gasteiger partial charge in [0, 0.05) is 13.2 Å². The molecule has 1 aromatic rings. The van der Waals surface area contributed by atoms with Gasteiger partial charge in [0.25, 0.3) is 0 Å². The Morgan fingerprint density at radius 1 is 1.50 bits per heavy atom. The van der Waals surface area contributed by atoms with Crippen LogP contribution < -0.4 is 10.6 Å². The molecule has 18 heavy (non-hydrogen) atoms. The van der Waals surface area contributed by atoms with Crippen LogP contribution in [0.1, 0.15) is 31.2 Å². The molecule has 1 fully saturated rings. The summed E-state index contributed by atoms with van der Waals surface area (Å²) in [5, 5.41) is 18.8. The topological polar surface area (TPSA) is 86.2 Å². The number of nitrogens with two attached hydrogens (primary N) is 1. The Labute approximate surface area is 107 Å². The lowest BCUT2D eigenvalue weighted by Gasteiger charge is -2.36. The van der Waals surface area contributed by atoms with E-state index in [1.807, 2.05) is 18.0 Å². The fourth-order valence-electron chi connectivity index (χ4n) is 2.53. The third-order valence-electron chi connectivity index (χ3n) is 3.55. The van der Waals surface area contributed by atoms with Crippen molar-refractivity contribution in [1.82, 2.24) is 4.98 Å². The smallest absolute Gasteiger partial charge is 0.151 e. The van der Waals surface area contributed by atoms with E-state index in [1.165, 1.54) is 6.20 Å². The molecule has 1 saturated carbocycles. The van der Waals surface area contributed by atoms with E-state index in [9.17, 15) is 5.11 Å². The fourth-order valence-corrected chi connectivity index (χ4v) is 2.53. The lowest BCUT2D eigenvalue weighted by molar-refractivity contribution is 0.106. The van der Waals surface area contributed by atoms with Gasteiger partial charge in [0.15, 0.2) is 5.82 Å². The number of nitrogen functional groups attached to an aromatic ring is 1. The molecule has 2 atom stereocenters. The Hall–Kier alpha value is -1.80. The highest BCUT2D eigenvalue weighted by molar-refractivity contribution is 5.64. The zero-order valence-electron chi connectivity index (χ0n) is 10.5. The summed E-state index contributed by atoms with van der Waals surface area (Å²) in [7, 11) is 1.89. The quantitative estimate of drug-likeness (QED) is 0.820. The standard InChI is InChI=1S/C13H18N4O/c1-17(11-4-2-3-5-12(11)18)13-10(15)6-9(7-14)8-16-13/h6,8,11-12,18H,2-5,15H2,1H3. The molecule has 2 unspecified atom stereocenters. The van der Waals surface area contributed by atoms with Crippen LogP contribution in [0.3, 0.4) is 0 Å². The second kappa shape index (κ2) is 5.23. The van der Waals surface area contributed by atoms with E-state index in [0.29, 0.717) is 17.1 Å². The molecule has 1 aromatic heterocycles. The largest absolute Gasteiger partial charge is 0.396 e. The lowest BCUT2D eigenvalue weighted by atomic mass is 9.91. The first-order chi connectivity index (χ1) is 8.63. The number of nitrogens with zero attached hydrogens (tertiary/aromatic N) is 3. The first-order valence-electron chi connectivity index (χ1n) is 6.20. The molecule has 0 radical (unpaired) electrons. The molecule has 1 heterocycles. The van der Waals surface area contributed by atoms with Crippen LogP contribution in [-0.4, -0.2) is 29.3 Å². The molecule has 0 aromatic carbocycles. The highest BCUT2D eigenvalue weighted by Gasteiger charge is 2.28. The van der Waals surface area contributed by atoms with E-state index >= 15 is 0 Å². The summed E-state index contributed by atoms with van der Waals surface area (Å²) < 4.78 is 0. The van der Waals surface area contributed by atoms with Gasteiger partial charge in [-0.3, -0.25) is 0 Å². The molecule has 2 rings (SSSR count). The maximum Gasteiger partial charge on any atom is 0.151 e. The summed E-state index contributed by atoms with van der Waals surface area (Å²) in [6.07, 6.45) is 5.13. The van der Waals surface area contributed by atoms with E-state index in [1.54, 1.807) is 6.07 Å². The molecule has 3 N–H and O–H groups in total. The molecule has 0 spiro atoms. The zero-order chi connectivity index (χ0) is 13.1. The number of aromatic nitrogens is 1. The minimum Gasteiger partial charge on any atom is -0.396 e. The molecule has 0 saturated heterocycles. The average Bonchev–Trinajstić information content (AvgIpc) is 2.38.